The number of aromatic nitrogens is 4. The number of carbonyl (C=O) groups is 1. The van der Waals surface area contributed by atoms with E-state index in [4.69, 9.17) is 0 Å². The fraction of sp³-hybridized carbons (Fsp3) is 0.280. The molecule has 2 bridgehead atoms. The van der Waals surface area contributed by atoms with Crippen LogP contribution in [0.4, 0.5) is 17.6 Å². The smallest absolute Gasteiger partial charge is 0.405 e. The van der Waals surface area contributed by atoms with Crippen molar-refractivity contribution in [2.24, 2.45) is 0 Å². The Balaban J connectivity index is 1.53. The Bertz CT molecular complexity index is 1570. The zero-order valence-electron chi connectivity index (χ0n) is 19.5. The van der Waals surface area contributed by atoms with Gasteiger partial charge < -0.3 is 19.7 Å². The van der Waals surface area contributed by atoms with Gasteiger partial charge in [0.25, 0.3) is 5.91 Å². The molecule has 0 unspecified atom stereocenters. The van der Waals surface area contributed by atoms with Crippen LogP contribution in [-0.2, 0) is 5.60 Å². The lowest BCUT2D eigenvalue weighted by Crippen LogP contribution is -2.28. The first-order valence-corrected chi connectivity index (χ1v) is 11.4. The number of fused-ring (bicyclic) bond motifs is 9. The Labute approximate surface area is 206 Å². The summed E-state index contributed by atoms with van der Waals surface area (Å²) in [5, 5.41) is 12.9. The minimum atomic E-state index is -4.96. The number of halogens is 4. The molecule has 0 aliphatic carbocycles. The summed E-state index contributed by atoms with van der Waals surface area (Å²) in [5.74, 6) is -1.04. The fourth-order valence-electron chi connectivity index (χ4n) is 5.05. The first-order chi connectivity index (χ1) is 17.4. The lowest BCUT2D eigenvalue weighted by atomic mass is 9.97. The highest BCUT2D eigenvalue weighted by atomic mass is 19.4. The molecule has 2 aliphatic rings. The first kappa shape index (κ1) is 23.3. The predicted molar refractivity (Wildman–Crippen MR) is 122 cm³/mol. The normalized spacial score (nSPS) is 18.8. The average Bonchev–Trinajstić information content (AvgIpc) is 3.28. The van der Waals surface area contributed by atoms with Gasteiger partial charge in [-0.3, -0.25) is 4.79 Å². The maximum absolute atomic E-state index is 15.2. The molecule has 6 rings (SSSR count). The lowest BCUT2D eigenvalue weighted by Gasteiger charge is -2.22. The summed E-state index contributed by atoms with van der Waals surface area (Å²) >= 11 is 0. The monoisotopic (exact) mass is 513 g/mol. The molecule has 190 valence electrons. The molecule has 2 aromatic carbocycles. The Kier molecular flexibility index (Phi) is 4.87. The van der Waals surface area contributed by atoms with Crippen molar-refractivity contribution in [2.45, 2.75) is 44.3 Å². The van der Waals surface area contributed by atoms with Gasteiger partial charge in [-0.1, -0.05) is 6.07 Å². The van der Waals surface area contributed by atoms with E-state index in [-0.39, 0.29) is 34.5 Å². The largest absolute Gasteiger partial charge is 0.573 e. The van der Waals surface area contributed by atoms with Gasteiger partial charge in [-0.05, 0) is 38.5 Å². The predicted octanol–water partition coefficient (Wildman–Crippen LogP) is 4.54. The molecule has 37 heavy (non-hydrogen) atoms. The van der Waals surface area contributed by atoms with E-state index in [1.165, 1.54) is 56.6 Å². The molecular weight excluding hydrogens is 494 g/mol. The quantitative estimate of drug-likeness (QED) is 0.390. The number of amides is 1. The van der Waals surface area contributed by atoms with Gasteiger partial charge in [-0.2, -0.15) is 0 Å². The van der Waals surface area contributed by atoms with Gasteiger partial charge in [-0.25, -0.2) is 19.3 Å². The van der Waals surface area contributed by atoms with E-state index >= 15 is 4.39 Å². The van der Waals surface area contributed by atoms with Crippen LogP contribution < -0.4 is 10.1 Å². The average molecular weight is 513 g/mol. The van der Waals surface area contributed by atoms with E-state index < -0.39 is 41.5 Å². The summed E-state index contributed by atoms with van der Waals surface area (Å²) in [5.41, 5.74) is 0.122. The highest BCUT2D eigenvalue weighted by Gasteiger charge is 2.43. The summed E-state index contributed by atoms with van der Waals surface area (Å²) < 4.78 is 60.8. The number of rotatable bonds is 3. The van der Waals surface area contributed by atoms with Crippen molar-refractivity contribution in [1.29, 1.82) is 0 Å². The van der Waals surface area contributed by atoms with Crippen LogP contribution in [0.2, 0.25) is 0 Å². The number of benzene rings is 2. The van der Waals surface area contributed by atoms with Crippen molar-refractivity contribution < 1.29 is 32.2 Å². The number of aliphatic hydroxyl groups is 1. The van der Waals surface area contributed by atoms with Crippen molar-refractivity contribution in [3.63, 3.8) is 0 Å². The maximum atomic E-state index is 15.2. The van der Waals surface area contributed by atoms with Crippen LogP contribution >= 0.6 is 0 Å². The SMILES string of the molecule is CC(C)(O)c1ncc(-c2cc3c(cc2F)nc2n3[C@@H]3C[C@H]2NC(=O)c2cccc(OC(F)(F)F)c23)cn1. The molecule has 1 amide bonds. The van der Waals surface area contributed by atoms with Gasteiger partial charge in [0, 0.05) is 40.7 Å². The zero-order valence-corrected chi connectivity index (χ0v) is 19.5. The molecule has 0 radical (unpaired) electrons. The second-order valence-corrected chi connectivity index (χ2v) is 9.56. The van der Waals surface area contributed by atoms with Crippen LogP contribution in [0.25, 0.3) is 22.2 Å². The lowest BCUT2D eigenvalue weighted by molar-refractivity contribution is -0.275. The summed E-state index contributed by atoms with van der Waals surface area (Å²) in [6.45, 7) is 3.05. The van der Waals surface area contributed by atoms with Gasteiger partial charge in [0.05, 0.1) is 23.1 Å². The number of carbonyl (C=O) groups excluding carboxylic acids is 1. The number of ether oxygens (including phenoxy) is 1. The highest BCUT2D eigenvalue weighted by molar-refractivity contribution is 5.98. The molecule has 2 aromatic heterocycles. The van der Waals surface area contributed by atoms with Gasteiger partial charge in [0.15, 0.2) is 5.82 Å². The third-order valence-electron chi connectivity index (χ3n) is 6.57. The van der Waals surface area contributed by atoms with E-state index in [9.17, 15) is 23.1 Å². The Hall–Kier alpha value is -4.06. The van der Waals surface area contributed by atoms with E-state index in [1.807, 2.05) is 0 Å². The molecule has 0 spiro atoms. The van der Waals surface area contributed by atoms with Crippen LogP contribution in [-0.4, -0.2) is 36.9 Å². The van der Waals surface area contributed by atoms with Crippen molar-refractivity contribution in [3.8, 4) is 16.9 Å². The second-order valence-electron chi connectivity index (χ2n) is 9.56. The number of nitrogens with one attached hydrogen (secondary N) is 1. The molecule has 4 aromatic rings. The minimum Gasteiger partial charge on any atom is -0.405 e. The number of hydrogen-bond acceptors (Lipinski definition) is 6. The van der Waals surface area contributed by atoms with Gasteiger partial charge in [-0.15, -0.1) is 13.2 Å². The molecule has 2 atom stereocenters. The Morgan fingerprint density at radius 1 is 1.14 bits per heavy atom. The molecule has 12 heteroatoms. The molecule has 2 N–H and O–H groups in total. The minimum absolute atomic E-state index is 0.0692. The summed E-state index contributed by atoms with van der Waals surface area (Å²) in [7, 11) is 0. The standard InChI is InChI=1S/C25H19F4N5O3/c1-24(2,36)23-30-9-11(10-31-23)13-6-17-15(7-14(13)26)32-21-16-8-18(34(17)21)20-12(22(35)33-16)4-3-5-19(20)37-25(27,28)29/h3-7,9-10,16,18,36H,8H2,1-2H3,(H,33,35)/t16-,18-/m1/s1. The van der Waals surface area contributed by atoms with Crippen LogP contribution in [0.15, 0.2) is 42.7 Å². The number of nitrogens with zero attached hydrogens (tertiary/aromatic N) is 4. The fourth-order valence-corrected chi connectivity index (χ4v) is 5.05. The molecular formula is C25H19F4N5O3. The summed E-state index contributed by atoms with van der Waals surface area (Å²) in [6, 6.07) is 5.41. The maximum Gasteiger partial charge on any atom is 0.573 e. The topological polar surface area (TPSA) is 102 Å². The van der Waals surface area contributed by atoms with Crippen LogP contribution in [0.1, 0.15) is 59.9 Å². The van der Waals surface area contributed by atoms with E-state index in [1.54, 1.807) is 4.57 Å². The second kappa shape index (κ2) is 7.72. The zero-order chi connectivity index (χ0) is 26.3. The molecule has 4 heterocycles. The molecule has 0 saturated carbocycles. The molecule has 2 aliphatic heterocycles. The van der Waals surface area contributed by atoms with Crippen LogP contribution in [0, 0.1) is 5.82 Å². The van der Waals surface area contributed by atoms with Crippen molar-refractivity contribution in [1.82, 2.24) is 24.8 Å². The highest BCUT2D eigenvalue weighted by Crippen LogP contribution is 2.48. The number of alkyl halides is 3. The van der Waals surface area contributed by atoms with Gasteiger partial charge in [0.1, 0.15) is 23.0 Å². The third kappa shape index (κ3) is 3.79. The number of hydrogen-bond donors (Lipinski definition) is 2. The van der Waals surface area contributed by atoms with Gasteiger partial charge in [0.2, 0.25) is 0 Å². The molecule has 8 nitrogen and oxygen atoms in total. The molecule has 0 saturated heterocycles. The van der Waals surface area contributed by atoms with Gasteiger partial charge >= 0.3 is 6.36 Å². The third-order valence-corrected chi connectivity index (χ3v) is 6.57. The number of imidazole rings is 1. The summed E-state index contributed by atoms with van der Waals surface area (Å²) in [4.78, 5) is 25.6. The van der Waals surface area contributed by atoms with Crippen LogP contribution in [0.5, 0.6) is 5.75 Å². The van der Waals surface area contributed by atoms with E-state index in [0.29, 0.717) is 16.9 Å². The van der Waals surface area contributed by atoms with Crippen molar-refractivity contribution in [2.75, 3.05) is 0 Å². The van der Waals surface area contributed by atoms with Crippen molar-refractivity contribution in [3.05, 3.63) is 71.3 Å². The Morgan fingerprint density at radius 3 is 2.54 bits per heavy atom. The van der Waals surface area contributed by atoms with Crippen LogP contribution in [0.3, 0.4) is 0 Å². The Morgan fingerprint density at radius 2 is 1.86 bits per heavy atom. The molecule has 0 fully saturated rings. The summed E-state index contributed by atoms with van der Waals surface area (Å²) in [6.07, 6.45) is -1.92. The van der Waals surface area contributed by atoms with E-state index in [2.05, 4.69) is 25.0 Å². The first-order valence-electron chi connectivity index (χ1n) is 11.4. The van der Waals surface area contributed by atoms with E-state index in [0.717, 1.165) is 0 Å². The van der Waals surface area contributed by atoms with Crippen molar-refractivity contribution >= 4 is 16.9 Å².